The minimum atomic E-state index is 0.654. The first-order chi connectivity index (χ1) is 6.61. The average molecular weight is 200 g/mol. The molecule has 1 saturated heterocycles. The van der Waals surface area contributed by atoms with Crippen molar-refractivity contribution in [1.29, 1.82) is 0 Å². The predicted octanol–water partition coefficient (Wildman–Crippen LogP) is 1.25. The highest BCUT2D eigenvalue weighted by Gasteiger charge is 2.43. The zero-order valence-corrected chi connectivity index (χ0v) is 10.2. The largest absolute Gasteiger partial charge is 0.384 e. The van der Waals surface area contributed by atoms with Gasteiger partial charge in [0.15, 0.2) is 0 Å². The monoisotopic (exact) mass is 200 g/mol. The lowest BCUT2D eigenvalue weighted by molar-refractivity contribution is 0.120. The van der Waals surface area contributed by atoms with E-state index in [-0.39, 0.29) is 0 Å². The van der Waals surface area contributed by atoms with Gasteiger partial charge in [-0.25, -0.2) is 0 Å². The third kappa shape index (κ3) is 2.69. The normalized spacial score (nSPS) is 33.4. The van der Waals surface area contributed by atoms with Gasteiger partial charge in [-0.05, 0) is 33.4 Å². The SMILES string of the molecule is CCC(COC)CN(C)C1C(C)N1C. The van der Waals surface area contributed by atoms with Gasteiger partial charge >= 0.3 is 0 Å². The summed E-state index contributed by atoms with van der Waals surface area (Å²) in [4.78, 5) is 4.83. The van der Waals surface area contributed by atoms with Crippen molar-refractivity contribution in [2.75, 3.05) is 34.4 Å². The second-order valence-electron chi connectivity index (χ2n) is 4.49. The van der Waals surface area contributed by atoms with E-state index in [1.807, 2.05) is 0 Å². The smallest absolute Gasteiger partial charge is 0.0779 e. The Morgan fingerprint density at radius 2 is 2.07 bits per heavy atom. The number of hydrogen-bond donors (Lipinski definition) is 0. The molecular formula is C11H24N2O. The van der Waals surface area contributed by atoms with E-state index in [2.05, 4.69) is 37.7 Å². The van der Waals surface area contributed by atoms with Crippen LogP contribution in [0.4, 0.5) is 0 Å². The fourth-order valence-corrected chi connectivity index (χ4v) is 2.20. The fourth-order valence-electron chi connectivity index (χ4n) is 2.20. The quantitative estimate of drug-likeness (QED) is 0.600. The Morgan fingerprint density at radius 1 is 1.50 bits per heavy atom. The van der Waals surface area contributed by atoms with E-state index < -0.39 is 0 Å². The fraction of sp³-hybridized carbons (Fsp3) is 1.00. The van der Waals surface area contributed by atoms with Crippen molar-refractivity contribution in [1.82, 2.24) is 9.80 Å². The van der Waals surface area contributed by atoms with Gasteiger partial charge in [-0.15, -0.1) is 0 Å². The van der Waals surface area contributed by atoms with Gasteiger partial charge in [-0.2, -0.15) is 0 Å². The van der Waals surface area contributed by atoms with E-state index in [0.717, 1.165) is 19.2 Å². The van der Waals surface area contributed by atoms with Crippen LogP contribution in [0.1, 0.15) is 20.3 Å². The summed E-state index contributed by atoms with van der Waals surface area (Å²) in [5.41, 5.74) is 0. The molecule has 0 radical (unpaired) electrons. The van der Waals surface area contributed by atoms with E-state index in [1.54, 1.807) is 7.11 Å². The van der Waals surface area contributed by atoms with E-state index >= 15 is 0 Å². The second-order valence-corrected chi connectivity index (χ2v) is 4.49. The molecule has 1 aliphatic rings. The molecule has 0 amide bonds. The Labute approximate surface area is 88.0 Å². The van der Waals surface area contributed by atoms with Crippen LogP contribution in [-0.4, -0.2) is 56.4 Å². The van der Waals surface area contributed by atoms with E-state index in [4.69, 9.17) is 4.74 Å². The molecule has 0 bridgehead atoms. The van der Waals surface area contributed by atoms with Crippen LogP contribution < -0.4 is 0 Å². The third-order valence-corrected chi connectivity index (χ3v) is 3.38. The molecule has 14 heavy (non-hydrogen) atoms. The molecule has 3 nitrogen and oxygen atoms in total. The summed E-state index contributed by atoms with van der Waals surface area (Å²) in [6, 6.07) is 0.722. The van der Waals surface area contributed by atoms with E-state index in [1.165, 1.54) is 6.42 Å². The molecule has 1 fully saturated rings. The Bertz CT molecular complexity index is 167. The lowest BCUT2D eigenvalue weighted by Gasteiger charge is -2.22. The van der Waals surface area contributed by atoms with Crippen LogP contribution >= 0.6 is 0 Å². The number of rotatable bonds is 6. The molecular weight excluding hydrogens is 176 g/mol. The molecule has 0 saturated carbocycles. The topological polar surface area (TPSA) is 15.5 Å². The first-order valence-corrected chi connectivity index (χ1v) is 5.52. The molecule has 3 heteroatoms. The van der Waals surface area contributed by atoms with Crippen LogP contribution in [0, 0.1) is 5.92 Å². The van der Waals surface area contributed by atoms with Crippen LogP contribution in [0.2, 0.25) is 0 Å². The molecule has 1 heterocycles. The number of nitrogens with zero attached hydrogens (tertiary/aromatic N) is 2. The summed E-state index contributed by atoms with van der Waals surface area (Å²) in [5.74, 6) is 0.672. The molecule has 0 aromatic rings. The first kappa shape index (κ1) is 12.0. The van der Waals surface area contributed by atoms with Crippen molar-refractivity contribution >= 4 is 0 Å². The first-order valence-electron chi connectivity index (χ1n) is 5.52. The Kier molecular flexibility index (Phi) is 4.35. The summed E-state index contributed by atoms with van der Waals surface area (Å²) in [5, 5.41) is 0. The number of ether oxygens (including phenoxy) is 1. The summed E-state index contributed by atoms with van der Waals surface area (Å²) >= 11 is 0. The summed E-state index contributed by atoms with van der Waals surface area (Å²) < 4.78 is 5.21. The second kappa shape index (κ2) is 5.10. The minimum Gasteiger partial charge on any atom is -0.384 e. The van der Waals surface area contributed by atoms with Crippen LogP contribution in [0.5, 0.6) is 0 Å². The van der Waals surface area contributed by atoms with Gasteiger partial charge in [-0.1, -0.05) is 6.92 Å². The van der Waals surface area contributed by atoms with Crippen LogP contribution in [0.3, 0.4) is 0 Å². The highest BCUT2D eigenvalue weighted by molar-refractivity contribution is 4.95. The molecule has 0 N–H and O–H groups in total. The van der Waals surface area contributed by atoms with Crippen molar-refractivity contribution in [2.24, 2.45) is 5.92 Å². The lowest BCUT2D eigenvalue weighted by atomic mass is 10.1. The Balaban J connectivity index is 2.28. The van der Waals surface area contributed by atoms with Crippen molar-refractivity contribution in [3.63, 3.8) is 0 Å². The summed E-state index contributed by atoms with van der Waals surface area (Å²) in [7, 11) is 6.18. The number of methoxy groups -OCH3 is 1. The van der Waals surface area contributed by atoms with Gasteiger partial charge in [0.1, 0.15) is 0 Å². The van der Waals surface area contributed by atoms with Gasteiger partial charge in [0.25, 0.3) is 0 Å². The summed E-state index contributed by atoms with van der Waals surface area (Å²) in [6.07, 6.45) is 1.85. The third-order valence-electron chi connectivity index (χ3n) is 3.38. The molecule has 0 aliphatic carbocycles. The van der Waals surface area contributed by atoms with Crippen LogP contribution in [0.15, 0.2) is 0 Å². The van der Waals surface area contributed by atoms with Crippen LogP contribution in [0.25, 0.3) is 0 Å². The Morgan fingerprint density at radius 3 is 2.43 bits per heavy atom. The molecule has 84 valence electrons. The highest BCUT2D eigenvalue weighted by atomic mass is 16.5. The average Bonchev–Trinajstić information content (AvgIpc) is 2.74. The molecule has 0 spiro atoms. The predicted molar refractivity (Wildman–Crippen MR) is 59.3 cm³/mol. The van der Waals surface area contributed by atoms with E-state index in [9.17, 15) is 0 Å². The maximum atomic E-state index is 5.21. The molecule has 4 atom stereocenters. The van der Waals surface area contributed by atoms with Crippen molar-refractivity contribution in [3.8, 4) is 0 Å². The molecule has 1 aliphatic heterocycles. The zero-order chi connectivity index (χ0) is 10.7. The Hall–Kier alpha value is -0.120. The molecule has 1 rings (SSSR count). The molecule has 0 aromatic heterocycles. The standard InChI is InChI=1S/C11H24N2O/c1-6-10(8-14-5)7-12(3)11-9(2)13(11)4/h9-11H,6-8H2,1-5H3. The van der Waals surface area contributed by atoms with Gasteiger partial charge < -0.3 is 4.74 Å². The number of likely N-dealkylation sites (N-methyl/N-ethyl adjacent to an activating group) is 2. The summed E-state index contributed by atoms with van der Waals surface area (Å²) in [6.45, 7) is 6.53. The molecule has 4 unspecified atom stereocenters. The minimum absolute atomic E-state index is 0.654. The van der Waals surface area contributed by atoms with Gasteiger partial charge in [0.2, 0.25) is 0 Å². The van der Waals surface area contributed by atoms with Crippen molar-refractivity contribution in [3.05, 3.63) is 0 Å². The maximum absolute atomic E-state index is 5.21. The van der Waals surface area contributed by atoms with Gasteiger partial charge in [0, 0.05) is 19.7 Å². The van der Waals surface area contributed by atoms with Gasteiger partial charge in [-0.3, -0.25) is 9.80 Å². The van der Waals surface area contributed by atoms with Crippen molar-refractivity contribution in [2.45, 2.75) is 32.5 Å². The zero-order valence-electron chi connectivity index (χ0n) is 10.2. The molecule has 0 aromatic carbocycles. The maximum Gasteiger partial charge on any atom is 0.0779 e. The van der Waals surface area contributed by atoms with Crippen LogP contribution in [-0.2, 0) is 4.74 Å². The highest BCUT2D eigenvalue weighted by Crippen LogP contribution is 2.27. The van der Waals surface area contributed by atoms with E-state index in [0.29, 0.717) is 12.1 Å². The lowest BCUT2D eigenvalue weighted by Crippen LogP contribution is -2.32. The number of hydrogen-bond acceptors (Lipinski definition) is 3. The van der Waals surface area contributed by atoms with Gasteiger partial charge in [0.05, 0.1) is 12.8 Å². The van der Waals surface area contributed by atoms with Crippen molar-refractivity contribution < 1.29 is 4.74 Å².